The van der Waals surface area contributed by atoms with Gasteiger partial charge in [0.25, 0.3) is 0 Å². The Bertz CT molecular complexity index is 731. The first-order chi connectivity index (χ1) is 8.65. The lowest BCUT2D eigenvalue weighted by molar-refractivity contribution is 0.629. The lowest BCUT2D eigenvalue weighted by Gasteiger charge is -2.04. The van der Waals surface area contributed by atoms with Crippen LogP contribution in [0.3, 0.4) is 0 Å². The Hall–Kier alpha value is -2.36. The zero-order chi connectivity index (χ0) is 12.7. The molecule has 0 bridgehead atoms. The van der Waals surface area contributed by atoms with Gasteiger partial charge >= 0.3 is 0 Å². The van der Waals surface area contributed by atoms with Crippen LogP contribution in [0.1, 0.15) is 0 Å². The SMILES string of the molecule is Cn1c(-c2cc(N)ccn2)cc2cc(F)ccc21. The summed E-state index contributed by atoms with van der Waals surface area (Å²) in [5, 5.41) is 0.858. The van der Waals surface area contributed by atoms with E-state index in [1.54, 1.807) is 18.3 Å². The third-order valence-electron chi connectivity index (χ3n) is 3.05. The second-order valence-corrected chi connectivity index (χ2v) is 4.27. The topological polar surface area (TPSA) is 43.8 Å². The first-order valence-corrected chi connectivity index (χ1v) is 5.62. The van der Waals surface area contributed by atoms with Gasteiger partial charge in [-0.05, 0) is 36.4 Å². The predicted molar refractivity (Wildman–Crippen MR) is 70.5 cm³/mol. The number of nitrogens with two attached hydrogens (primary N) is 1. The van der Waals surface area contributed by atoms with Crippen molar-refractivity contribution in [1.82, 2.24) is 9.55 Å². The first-order valence-electron chi connectivity index (χ1n) is 5.62. The molecule has 0 spiro atoms. The van der Waals surface area contributed by atoms with Crippen LogP contribution in [0.25, 0.3) is 22.3 Å². The maximum atomic E-state index is 13.2. The number of rotatable bonds is 1. The van der Waals surface area contributed by atoms with Crippen molar-refractivity contribution in [3.05, 3.63) is 48.4 Å². The van der Waals surface area contributed by atoms with Gasteiger partial charge in [-0.3, -0.25) is 4.98 Å². The van der Waals surface area contributed by atoms with E-state index in [-0.39, 0.29) is 5.82 Å². The lowest BCUT2D eigenvalue weighted by atomic mass is 10.2. The largest absolute Gasteiger partial charge is 0.399 e. The number of nitrogens with zero attached hydrogens (tertiary/aromatic N) is 2. The van der Waals surface area contributed by atoms with E-state index in [0.29, 0.717) is 5.69 Å². The summed E-state index contributed by atoms with van der Waals surface area (Å²) in [7, 11) is 1.93. The number of anilines is 1. The molecule has 3 aromatic rings. The molecule has 0 saturated carbocycles. The first kappa shape index (κ1) is 10.8. The summed E-state index contributed by atoms with van der Waals surface area (Å²) in [6.45, 7) is 0. The number of halogens is 1. The molecule has 0 radical (unpaired) electrons. The molecule has 0 fully saturated rings. The van der Waals surface area contributed by atoms with Crippen LogP contribution in [-0.2, 0) is 7.05 Å². The molecule has 90 valence electrons. The van der Waals surface area contributed by atoms with Crippen LogP contribution in [0.15, 0.2) is 42.6 Å². The monoisotopic (exact) mass is 241 g/mol. The minimum absolute atomic E-state index is 0.236. The third-order valence-corrected chi connectivity index (χ3v) is 3.05. The maximum absolute atomic E-state index is 13.2. The fourth-order valence-electron chi connectivity index (χ4n) is 2.15. The van der Waals surface area contributed by atoms with E-state index in [9.17, 15) is 4.39 Å². The van der Waals surface area contributed by atoms with Gasteiger partial charge in [0.05, 0.1) is 11.4 Å². The van der Waals surface area contributed by atoms with Gasteiger partial charge in [-0.1, -0.05) is 0 Å². The summed E-state index contributed by atoms with van der Waals surface area (Å²) in [6, 6.07) is 10.2. The van der Waals surface area contributed by atoms with Crippen molar-refractivity contribution >= 4 is 16.6 Å². The number of pyridine rings is 1. The van der Waals surface area contributed by atoms with Gasteiger partial charge in [-0.15, -0.1) is 0 Å². The highest BCUT2D eigenvalue weighted by molar-refractivity contribution is 5.86. The average molecular weight is 241 g/mol. The summed E-state index contributed by atoms with van der Waals surface area (Å²) in [5.41, 5.74) is 9.09. The third kappa shape index (κ3) is 1.62. The van der Waals surface area contributed by atoms with Crippen molar-refractivity contribution in [1.29, 1.82) is 0 Å². The Morgan fingerprint density at radius 1 is 1.17 bits per heavy atom. The Kier molecular flexibility index (Phi) is 2.30. The normalized spacial score (nSPS) is 11.0. The number of aromatic nitrogens is 2. The molecule has 0 unspecified atom stereocenters. The Labute approximate surface area is 104 Å². The highest BCUT2D eigenvalue weighted by Gasteiger charge is 2.09. The van der Waals surface area contributed by atoms with Gasteiger partial charge in [0.1, 0.15) is 5.82 Å². The van der Waals surface area contributed by atoms with Crippen LogP contribution in [0.5, 0.6) is 0 Å². The Morgan fingerprint density at radius 2 is 2.00 bits per heavy atom. The predicted octanol–water partition coefficient (Wildman–Crippen LogP) is 2.96. The number of hydrogen-bond acceptors (Lipinski definition) is 2. The number of fused-ring (bicyclic) bond motifs is 1. The van der Waals surface area contributed by atoms with Gasteiger partial charge in [-0.25, -0.2) is 4.39 Å². The van der Waals surface area contributed by atoms with Crippen molar-refractivity contribution in [2.45, 2.75) is 0 Å². The van der Waals surface area contributed by atoms with Gasteiger partial charge in [0, 0.05) is 29.8 Å². The highest BCUT2D eigenvalue weighted by atomic mass is 19.1. The summed E-state index contributed by atoms with van der Waals surface area (Å²) in [4.78, 5) is 4.29. The van der Waals surface area contributed by atoms with Crippen molar-refractivity contribution in [2.24, 2.45) is 7.05 Å². The molecule has 3 nitrogen and oxygen atoms in total. The number of hydrogen-bond donors (Lipinski definition) is 1. The summed E-state index contributed by atoms with van der Waals surface area (Å²) in [6.07, 6.45) is 1.67. The number of nitrogen functional groups attached to an aromatic ring is 1. The minimum atomic E-state index is -0.236. The molecule has 0 amide bonds. The fourth-order valence-corrected chi connectivity index (χ4v) is 2.15. The fraction of sp³-hybridized carbons (Fsp3) is 0.0714. The molecule has 0 atom stereocenters. The van der Waals surface area contributed by atoms with Crippen LogP contribution < -0.4 is 5.73 Å². The van der Waals surface area contributed by atoms with E-state index >= 15 is 0 Å². The average Bonchev–Trinajstić information content (AvgIpc) is 2.66. The van der Waals surface area contributed by atoms with Gasteiger partial charge in [-0.2, -0.15) is 0 Å². The minimum Gasteiger partial charge on any atom is -0.399 e. The maximum Gasteiger partial charge on any atom is 0.123 e. The molecular weight excluding hydrogens is 229 g/mol. The van der Waals surface area contributed by atoms with Crippen LogP contribution in [0, 0.1) is 5.82 Å². The van der Waals surface area contributed by atoms with E-state index in [0.717, 1.165) is 22.3 Å². The molecular formula is C14H12FN3. The molecule has 0 saturated heterocycles. The summed E-state index contributed by atoms with van der Waals surface area (Å²) < 4.78 is 15.2. The molecule has 4 heteroatoms. The van der Waals surface area contributed by atoms with E-state index in [1.165, 1.54) is 12.1 Å². The Balaban J connectivity index is 2.27. The van der Waals surface area contributed by atoms with Crippen molar-refractivity contribution in [3.8, 4) is 11.4 Å². The van der Waals surface area contributed by atoms with E-state index in [4.69, 9.17) is 5.73 Å². The number of benzene rings is 1. The second kappa shape index (κ2) is 3.84. The van der Waals surface area contributed by atoms with Crippen LogP contribution >= 0.6 is 0 Å². The zero-order valence-corrected chi connectivity index (χ0v) is 9.89. The molecule has 18 heavy (non-hydrogen) atoms. The van der Waals surface area contributed by atoms with Crippen molar-refractivity contribution in [3.63, 3.8) is 0 Å². The van der Waals surface area contributed by atoms with Crippen LogP contribution in [-0.4, -0.2) is 9.55 Å². The molecule has 0 aliphatic heterocycles. The standard InChI is InChI=1S/C14H12FN3/c1-18-13-3-2-10(15)6-9(13)7-14(18)12-8-11(16)4-5-17-12/h2-8H,1H3,(H2,16,17). The molecule has 0 aliphatic carbocycles. The number of aryl methyl sites for hydroxylation is 1. The molecule has 0 aliphatic rings. The molecule has 2 heterocycles. The van der Waals surface area contributed by atoms with Gasteiger partial charge < -0.3 is 10.3 Å². The van der Waals surface area contributed by atoms with E-state index in [2.05, 4.69) is 4.98 Å². The molecule has 2 N–H and O–H groups in total. The van der Waals surface area contributed by atoms with Crippen LogP contribution in [0.4, 0.5) is 10.1 Å². The van der Waals surface area contributed by atoms with E-state index < -0.39 is 0 Å². The smallest absolute Gasteiger partial charge is 0.123 e. The van der Waals surface area contributed by atoms with Gasteiger partial charge in [0.2, 0.25) is 0 Å². The summed E-state index contributed by atoms with van der Waals surface area (Å²) >= 11 is 0. The quantitative estimate of drug-likeness (QED) is 0.711. The van der Waals surface area contributed by atoms with Crippen molar-refractivity contribution in [2.75, 3.05) is 5.73 Å². The van der Waals surface area contributed by atoms with E-state index in [1.807, 2.05) is 23.7 Å². The highest BCUT2D eigenvalue weighted by Crippen LogP contribution is 2.27. The van der Waals surface area contributed by atoms with Gasteiger partial charge in [0.15, 0.2) is 0 Å². The Morgan fingerprint density at radius 3 is 2.78 bits per heavy atom. The van der Waals surface area contributed by atoms with Crippen LogP contribution in [0.2, 0.25) is 0 Å². The zero-order valence-electron chi connectivity index (χ0n) is 9.89. The second-order valence-electron chi connectivity index (χ2n) is 4.27. The lowest BCUT2D eigenvalue weighted by Crippen LogP contribution is -1.94. The molecule has 2 aromatic heterocycles. The summed E-state index contributed by atoms with van der Waals surface area (Å²) in [5.74, 6) is -0.236. The molecule has 3 rings (SSSR count). The van der Waals surface area contributed by atoms with Crippen molar-refractivity contribution < 1.29 is 4.39 Å². The molecule has 1 aromatic carbocycles.